The van der Waals surface area contributed by atoms with Crippen molar-refractivity contribution in [3.8, 4) is 0 Å². The Morgan fingerprint density at radius 3 is 2.80 bits per heavy atom. The summed E-state index contributed by atoms with van der Waals surface area (Å²) in [6, 6.07) is 0. The lowest BCUT2D eigenvalue weighted by Crippen LogP contribution is -2.13. The number of aromatic nitrogens is 1. The number of hydrogen-bond acceptors (Lipinski definition) is 3. The zero-order valence-corrected chi connectivity index (χ0v) is 10.9. The molecule has 0 bridgehead atoms. The summed E-state index contributed by atoms with van der Waals surface area (Å²) in [7, 11) is 0. The molecule has 0 atom stereocenters. The van der Waals surface area contributed by atoms with Crippen LogP contribution in [0.5, 0.6) is 0 Å². The van der Waals surface area contributed by atoms with Crippen LogP contribution in [0.1, 0.15) is 43.0 Å². The summed E-state index contributed by atoms with van der Waals surface area (Å²) in [5, 5.41) is 4.62. The Labute approximate surface area is 97.1 Å². The second-order valence-corrected chi connectivity index (χ2v) is 5.73. The van der Waals surface area contributed by atoms with Crippen LogP contribution in [0.3, 0.4) is 0 Å². The van der Waals surface area contributed by atoms with Crippen LogP contribution >= 0.6 is 11.3 Å². The molecule has 0 aliphatic heterocycles. The SMILES string of the molecule is Cc1ncc(CNCCCCC(C)C)s1. The number of rotatable bonds is 7. The monoisotopic (exact) mass is 226 g/mol. The van der Waals surface area contributed by atoms with E-state index in [-0.39, 0.29) is 0 Å². The number of thiazole rings is 1. The quantitative estimate of drug-likeness (QED) is 0.721. The fourth-order valence-electron chi connectivity index (χ4n) is 1.50. The minimum atomic E-state index is 0.842. The van der Waals surface area contributed by atoms with E-state index in [0.29, 0.717) is 0 Å². The largest absolute Gasteiger partial charge is 0.312 e. The lowest BCUT2D eigenvalue weighted by Gasteiger charge is -2.04. The zero-order valence-electron chi connectivity index (χ0n) is 10.0. The molecule has 0 fully saturated rings. The van der Waals surface area contributed by atoms with Gasteiger partial charge in [0.1, 0.15) is 0 Å². The Morgan fingerprint density at radius 2 is 2.20 bits per heavy atom. The van der Waals surface area contributed by atoms with Gasteiger partial charge in [0.2, 0.25) is 0 Å². The van der Waals surface area contributed by atoms with E-state index in [4.69, 9.17) is 0 Å². The smallest absolute Gasteiger partial charge is 0.0897 e. The van der Waals surface area contributed by atoms with Crippen molar-refractivity contribution >= 4 is 11.3 Å². The molecule has 0 aliphatic rings. The van der Waals surface area contributed by atoms with E-state index in [1.54, 1.807) is 11.3 Å². The Bertz CT molecular complexity index is 268. The van der Waals surface area contributed by atoms with E-state index >= 15 is 0 Å². The summed E-state index contributed by atoms with van der Waals surface area (Å²) < 4.78 is 0. The first-order valence-corrected chi connectivity index (χ1v) is 6.62. The first-order chi connectivity index (χ1) is 7.18. The van der Waals surface area contributed by atoms with Gasteiger partial charge in [-0.1, -0.05) is 26.7 Å². The van der Waals surface area contributed by atoms with Crippen molar-refractivity contribution in [1.29, 1.82) is 0 Å². The molecule has 1 aromatic heterocycles. The van der Waals surface area contributed by atoms with Gasteiger partial charge >= 0.3 is 0 Å². The van der Waals surface area contributed by atoms with Crippen molar-refractivity contribution in [3.05, 3.63) is 16.1 Å². The molecule has 3 heteroatoms. The van der Waals surface area contributed by atoms with E-state index in [0.717, 1.165) is 24.0 Å². The summed E-state index contributed by atoms with van der Waals surface area (Å²) in [6.07, 6.45) is 5.95. The summed E-state index contributed by atoms with van der Waals surface area (Å²) >= 11 is 1.78. The molecular weight excluding hydrogens is 204 g/mol. The van der Waals surface area contributed by atoms with Crippen molar-refractivity contribution in [2.24, 2.45) is 5.92 Å². The maximum atomic E-state index is 4.23. The van der Waals surface area contributed by atoms with E-state index in [1.165, 1.54) is 24.1 Å². The highest BCUT2D eigenvalue weighted by Gasteiger charge is 1.97. The first-order valence-electron chi connectivity index (χ1n) is 5.80. The molecule has 1 rings (SSSR count). The van der Waals surface area contributed by atoms with Crippen molar-refractivity contribution in [1.82, 2.24) is 10.3 Å². The maximum absolute atomic E-state index is 4.23. The van der Waals surface area contributed by atoms with Crippen LogP contribution < -0.4 is 5.32 Å². The van der Waals surface area contributed by atoms with Gasteiger partial charge < -0.3 is 5.32 Å². The standard InChI is InChI=1S/C12H22N2S/c1-10(2)6-4-5-7-13-8-12-9-14-11(3)15-12/h9-10,13H,4-8H2,1-3H3. The van der Waals surface area contributed by atoms with E-state index in [2.05, 4.69) is 31.1 Å². The molecule has 86 valence electrons. The van der Waals surface area contributed by atoms with Crippen LogP contribution in [0.4, 0.5) is 0 Å². The van der Waals surface area contributed by atoms with Crippen LogP contribution in [0.2, 0.25) is 0 Å². The third-order valence-electron chi connectivity index (χ3n) is 2.35. The second-order valence-electron chi connectivity index (χ2n) is 4.41. The predicted molar refractivity (Wildman–Crippen MR) is 67.2 cm³/mol. The molecule has 0 saturated heterocycles. The third-order valence-corrected chi connectivity index (χ3v) is 3.27. The van der Waals surface area contributed by atoms with Crippen LogP contribution in [-0.2, 0) is 6.54 Å². The Morgan fingerprint density at radius 1 is 1.40 bits per heavy atom. The molecule has 1 heterocycles. The summed E-state index contributed by atoms with van der Waals surface area (Å²) in [4.78, 5) is 5.58. The minimum absolute atomic E-state index is 0.842. The molecule has 0 aliphatic carbocycles. The van der Waals surface area contributed by atoms with Gasteiger partial charge in [-0.15, -0.1) is 11.3 Å². The Balaban J connectivity index is 1.98. The first kappa shape index (κ1) is 12.7. The number of unbranched alkanes of at least 4 members (excludes halogenated alkanes) is 1. The van der Waals surface area contributed by atoms with Crippen molar-refractivity contribution < 1.29 is 0 Å². The van der Waals surface area contributed by atoms with Gasteiger partial charge in [0.15, 0.2) is 0 Å². The van der Waals surface area contributed by atoms with Gasteiger partial charge in [-0.05, 0) is 25.8 Å². The number of aryl methyl sites for hydroxylation is 1. The van der Waals surface area contributed by atoms with Crippen LogP contribution in [0.25, 0.3) is 0 Å². The number of hydrogen-bond donors (Lipinski definition) is 1. The van der Waals surface area contributed by atoms with Gasteiger partial charge in [-0.3, -0.25) is 0 Å². The third kappa shape index (κ3) is 5.90. The summed E-state index contributed by atoms with van der Waals surface area (Å²) in [5.41, 5.74) is 0. The Kier molecular flexibility index (Phi) is 5.88. The van der Waals surface area contributed by atoms with Crippen LogP contribution in [0, 0.1) is 12.8 Å². The lowest BCUT2D eigenvalue weighted by molar-refractivity contribution is 0.521. The average molecular weight is 226 g/mol. The molecule has 0 amide bonds. The highest BCUT2D eigenvalue weighted by Crippen LogP contribution is 2.11. The molecular formula is C12H22N2S. The maximum Gasteiger partial charge on any atom is 0.0897 e. The van der Waals surface area contributed by atoms with Crippen LogP contribution in [0.15, 0.2) is 6.20 Å². The van der Waals surface area contributed by atoms with Crippen molar-refractivity contribution in [2.75, 3.05) is 6.54 Å². The van der Waals surface area contributed by atoms with Crippen molar-refractivity contribution in [3.63, 3.8) is 0 Å². The highest BCUT2D eigenvalue weighted by atomic mass is 32.1. The molecule has 0 aromatic carbocycles. The van der Waals surface area contributed by atoms with Crippen molar-refractivity contribution in [2.45, 2.75) is 46.6 Å². The minimum Gasteiger partial charge on any atom is -0.312 e. The second kappa shape index (κ2) is 6.96. The van der Waals surface area contributed by atoms with Gasteiger partial charge in [0.05, 0.1) is 5.01 Å². The fraction of sp³-hybridized carbons (Fsp3) is 0.750. The van der Waals surface area contributed by atoms with E-state index in [9.17, 15) is 0 Å². The molecule has 0 unspecified atom stereocenters. The summed E-state index contributed by atoms with van der Waals surface area (Å²) in [6.45, 7) is 8.73. The molecule has 15 heavy (non-hydrogen) atoms. The van der Waals surface area contributed by atoms with Gasteiger partial charge in [-0.25, -0.2) is 4.98 Å². The topological polar surface area (TPSA) is 24.9 Å². The van der Waals surface area contributed by atoms with Gasteiger partial charge in [0.25, 0.3) is 0 Å². The average Bonchev–Trinajstić information content (AvgIpc) is 2.57. The lowest BCUT2D eigenvalue weighted by atomic mass is 10.1. The van der Waals surface area contributed by atoms with Gasteiger partial charge in [0, 0.05) is 17.6 Å². The molecule has 1 N–H and O–H groups in total. The van der Waals surface area contributed by atoms with Gasteiger partial charge in [-0.2, -0.15) is 0 Å². The zero-order chi connectivity index (χ0) is 11.1. The predicted octanol–water partition coefficient (Wildman–Crippen LogP) is 3.37. The van der Waals surface area contributed by atoms with Crippen LogP contribution in [-0.4, -0.2) is 11.5 Å². The number of nitrogens with zero attached hydrogens (tertiary/aromatic N) is 1. The Hall–Kier alpha value is -0.410. The molecule has 1 aromatic rings. The normalized spacial score (nSPS) is 11.2. The molecule has 0 radical (unpaired) electrons. The van der Waals surface area contributed by atoms with E-state index in [1.807, 2.05) is 6.20 Å². The number of nitrogens with one attached hydrogen (secondary N) is 1. The summed E-state index contributed by atoms with van der Waals surface area (Å²) in [5.74, 6) is 0.842. The highest BCUT2D eigenvalue weighted by molar-refractivity contribution is 7.11. The molecule has 0 saturated carbocycles. The van der Waals surface area contributed by atoms with E-state index < -0.39 is 0 Å². The fourth-order valence-corrected chi connectivity index (χ4v) is 2.27. The molecule has 0 spiro atoms. The molecule has 2 nitrogen and oxygen atoms in total.